The van der Waals surface area contributed by atoms with Crippen molar-refractivity contribution in [3.8, 4) is 11.5 Å². The molecule has 5 nitrogen and oxygen atoms in total. The van der Waals surface area contributed by atoms with Gasteiger partial charge in [0.2, 0.25) is 0 Å². The Morgan fingerprint density at radius 2 is 2.00 bits per heavy atom. The first-order chi connectivity index (χ1) is 9.74. The van der Waals surface area contributed by atoms with Crippen LogP contribution in [0.5, 0.6) is 11.5 Å². The molecule has 0 radical (unpaired) electrons. The maximum absolute atomic E-state index is 5.61. The summed E-state index contributed by atoms with van der Waals surface area (Å²) in [5.74, 6) is 1.66. The first-order valence-corrected chi connectivity index (χ1v) is 6.73. The zero-order chi connectivity index (χ0) is 13.9. The third-order valence-electron chi connectivity index (χ3n) is 3.59. The molecule has 1 atom stereocenters. The molecule has 0 aliphatic carbocycles. The van der Waals surface area contributed by atoms with Crippen LogP contribution in [0.25, 0.3) is 0 Å². The minimum atomic E-state index is 0.196. The molecule has 1 aliphatic heterocycles. The van der Waals surface area contributed by atoms with E-state index in [-0.39, 0.29) is 6.04 Å². The molecule has 0 bridgehead atoms. The second-order valence-corrected chi connectivity index (χ2v) is 4.99. The van der Waals surface area contributed by atoms with Gasteiger partial charge in [-0.2, -0.15) is 0 Å². The molecule has 0 N–H and O–H groups in total. The van der Waals surface area contributed by atoms with Gasteiger partial charge in [0.15, 0.2) is 11.5 Å². The van der Waals surface area contributed by atoms with Crippen molar-refractivity contribution < 1.29 is 14.0 Å². The first-order valence-electron chi connectivity index (χ1n) is 6.73. The van der Waals surface area contributed by atoms with E-state index in [1.807, 2.05) is 18.2 Å². The second kappa shape index (κ2) is 5.54. The van der Waals surface area contributed by atoms with Crippen LogP contribution < -0.4 is 9.47 Å². The van der Waals surface area contributed by atoms with E-state index < -0.39 is 0 Å². The highest BCUT2D eigenvalue weighted by Gasteiger charge is 2.16. The molecule has 0 amide bonds. The zero-order valence-electron chi connectivity index (χ0n) is 11.7. The maximum atomic E-state index is 5.61. The third-order valence-corrected chi connectivity index (χ3v) is 3.59. The van der Waals surface area contributed by atoms with Crippen LogP contribution in [0, 0.1) is 0 Å². The standard InChI is InChI=1S/C15H18N2O3/c1-11(13-5-6-20-16-13)17(2)10-12-3-4-14-15(9-12)19-8-7-18-14/h3-6,9,11H,7-8,10H2,1-2H3. The van der Waals surface area contributed by atoms with Crippen LogP contribution in [0.2, 0.25) is 0 Å². The van der Waals surface area contributed by atoms with Crippen LogP contribution in [0.4, 0.5) is 0 Å². The number of aromatic nitrogens is 1. The smallest absolute Gasteiger partial charge is 0.161 e. The molecular weight excluding hydrogens is 256 g/mol. The van der Waals surface area contributed by atoms with E-state index >= 15 is 0 Å². The van der Waals surface area contributed by atoms with Crippen LogP contribution in [0.1, 0.15) is 24.2 Å². The molecule has 0 saturated heterocycles. The summed E-state index contributed by atoms with van der Waals surface area (Å²) in [6.07, 6.45) is 1.60. The molecule has 106 valence electrons. The Labute approximate surface area is 118 Å². The lowest BCUT2D eigenvalue weighted by Crippen LogP contribution is -2.22. The third kappa shape index (κ3) is 2.63. The highest BCUT2D eigenvalue weighted by Crippen LogP contribution is 2.31. The van der Waals surface area contributed by atoms with E-state index in [0.717, 1.165) is 23.7 Å². The second-order valence-electron chi connectivity index (χ2n) is 4.99. The van der Waals surface area contributed by atoms with E-state index in [1.165, 1.54) is 5.56 Å². The van der Waals surface area contributed by atoms with Crippen molar-refractivity contribution >= 4 is 0 Å². The normalized spacial score (nSPS) is 15.3. The predicted molar refractivity (Wildman–Crippen MR) is 73.8 cm³/mol. The fourth-order valence-electron chi connectivity index (χ4n) is 2.27. The van der Waals surface area contributed by atoms with Crippen molar-refractivity contribution in [1.29, 1.82) is 0 Å². The van der Waals surface area contributed by atoms with Gasteiger partial charge >= 0.3 is 0 Å². The van der Waals surface area contributed by atoms with Crippen molar-refractivity contribution in [1.82, 2.24) is 10.1 Å². The summed E-state index contributed by atoms with van der Waals surface area (Å²) in [4.78, 5) is 2.21. The van der Waals surface area contributed by atoms with Gasteiger partial charge in [-0.3, -0.25) is 4.90 Å². The van der Waals surface area contributed by atoms with Crippen LogP contribution in [0.15, 0.2) is 35.1 Å². The van der Waals surface area contributed by atoms with Gasteiger partial charge in [-0.1, -0.05) is 11.2 Å². The van der Waals surface area contributed by atoms with Crippen molar-refractivity contribution in [2.75, 3.05) is 20.3 Å². The molecular formula is C15H18N2O3. The number of fused-ring (bicyclic) bond motifs is 1. The van der Waals surface area contributed by atoms with Crippen LogP contribution in [-0.4, -0.2) is 30.3 Å². The van der Waals surface area contributed by atoms with E-state index in [9.17, 15) is 0 Å². The molecule has 5 heteroatoms. The average molecular weight is 274 g/mol. The monoisotopic (exact) mass is 274 g/mol. The average Bonchev–Trinajstić information content (AvgIpc) is 3.00. The molecule has 2 aromatic rings. The lowest BCUT2D eigenvalue weighted by Gasteiger charge is -2.24. The predicted octanol–water partition coefficient (Wildman–Crippen LogP) is 2.64. The van der Waals surface area contributed by atoms with Crippen molar-refractivity contribution in [3.63, 3.8) is 0 Å². The first kappa shape index (κ1) is 13.0. The minimum Gasteiger partial charge on any atom is -0.486 e. The zero-order valence-corrected chi connectivity index (χ0v) is 11.7. The van der Waals surface area contributed by atoms with Gasteiger partial charge in [-0.05, 0) is 31.7 Å². The van der Waals surface area contributed by atoms with Gasteiger partial charge in [0, 0.05) is 12.6 Å². The number of benzene rings is 1. The van der Waals surface area contributed by atoms with E-state index in [4.69, 9.17) is 14.0 Å². The molecule has 2 heterocycles. The van der Waals surface area contributed by atoms with Crippen molar-refractivity contribution in [2.24, 2.45) is 0 Å². The molecule has 1 aliphatic rings. The summed E-state index contributed by atoms with van der Waals surface area (Å²) < 4.78 is 16.0. The Bertz CT molecular complexity index is 569. The number of rotatable bonds is 4. The molecule has 1 aromatic carbocycles. The highest BCUT2D eigenvalue weighted by atomic mass is 16.6. The summed E-state index contributed by atoms with van der Waals surface area (Å²) in [7, 11) is 2.07. The molecule has 3 rings (SSSR count). The molecule has 0 fully saturated rings. The summed E-state index contributed by atoms with van der Waals surface area (Å²) in [6.45, 7) is 4.15. The summed E-state index contributed by atoms with van der Waals surface area (Å²) in [6, 6.07) is 8.17. The Kier molecular flexibility index (Phi) is 3.60. The highest BCUT2D eigenvalue weighted by molar-refractivity contribution is 5.43. The fourth-order valence-corrected chi connectivity index (χ4v) is 2.27. The SMILES string of the molecule is CC(c1ccon1)N(C)Cc1ccc2c(c1)OCCO2. The quantitative estimate of drug-likeness (QED) is 0.857. The molecule has 1 aromatic heterocycles. The van der Waals surface area contributed by atoms with Gasteiger partial charge in [-0.25, -0.2) is 0 Å². The fraction of sp³-hybridized carbons (Fsp3) is 0.400. The molecule has 0 saturated carbocycles. The van der Waals surface area contributed by atoms with E-state index in [1.54, 1.807) is 6.26 Å². The Morgan fingerprint density at radius 3 is 2.75 bits per heavy atom. The van der Waals surface area contributed by atoms with E-state index in [2.05, 4.69) is 30.1 Å². The lowest BCUT2D eigenvalue weighted by molar-refractivity contribution is 0.171. The minimum absolute atomic E-state index is 0.196. The number of hydrogen-bond acceptors (Lipinski definition) is 5. The van der Waals surface area contributed by atoms with Gasteiger partial charge in [-0.15, -0.1) is 0 Å². The number of nitrogens with zero attached hydrogens (tertiary/aromatic N) is 2. The van der Waals surface area contributed by atoms with E-state index in [0.29, 0.717) is 13.2 Å². The van der Waals surface area contributed by atoms with Crippen LogP contribution >= 0.6 is 0 Å². The largest absolute Gasteiger partial charge is 0.486 e. The van der Waals surface area contributed by atoms with Gasteiger partial charge in [0.1, 0.15) is 25.2 Å². The summed E-state index contributed by atoms with van der Waals surface area (Å²) >= 11 is 0. The van der Waals surface area contributed by atoms with Gasteiger partial charge in [0.05, 0.1) is 6.04 Å². The Hall–Kier alpha value is -2.01. The van der Waals surface area contributed by atoms with Crippen LogP contribution in [-0.2, 0) is 6.54 Å². The maximum Gasteiger partial charge on any atom is 0.161 e. The molecule has 20 heavy (non-hydrogen) atoms. The number of ether oxygens (including phenoxy) is 2. The molecule has 1 unspecified atom stereocenters. The Balaban J connectivity index is 1.71. The topological polar surface area (TPSA) is 47.7 Å². The summed E-state index contributed by atoms with van der Waals surface area (Å²) in [5, 5.41) is 3.99. The van der Waals surface area contributed by atoms with Crippen molar-refractivity contribution in [3.05, 3.63) is 41.8 Å². The lowest BCUT2D eigenvalue weighted by atomic mass is 10.1. The van der Waals surface area contributed by atoms with Gasteiger partial charge < -0.3 is 14.0 Å². The number of hydrogen-bond donors (Lipinski definition) is 0. The summed E-state index contributed by atoms with van der Waals surface area (Å²) in [5.41, 5.74) is 2.12. The van der Waals surface area contributed by atoms with Gasteiger partial charge in [0.25, 0.3) is 0 Å². The molecule has 0 spiro atoms. The van der Waals surface area contributed by atoms with Crippen LogP contribution in [0.3, 0.4) is 0 Å². The Morgan fingerprint density at radius 1 is 1.20 bits per heavy atom. The van der Waals surface area contributed by atoms with Crippen molar-refractivity contribution in [2.45, 2.75) is 19.5 Å².